The van der Waals surface area contributed by atoms with Crippen LogP contribution in [0.5, 0.6) is 5.75 Å². The van der Waals surface area contributed by atoms with Gasteiger partial charge in [-0.25, -0.2) is 0 Å². The van der Waals surface area contributed by atoms with Gasteiger partial charge < -0.3 is 10.1 Å². The normalized spacial score (nSPS) is 20.8. The summed E-state index contributed by atoms with van der Waals surface area (Å²) in [6.07, 6.45) is 9.45. The molecule has 0 spiro atoms. The number of methoxy groups -OCH3 is 1. The van der Waals surface area contributed by atoms with Crippen LogP contribution in [-0.4, -0.2) is 37.0 Å². The quantitative estimate of drug-likeness (QED) is 0.827. The molecule has 25 heavy (non-hydrogen) atoms. The van der Waals surface area contributed by atoms with Crippen molar-refractivity contribution in [2.24, 2.45) is 5.92 Å². The van der Waals surface area contributed by atoms with Crippen LogP contribution in [0.3, 0.4) is 0 Å². The fourth-order valence-electron chi connectivity index (χ4n) is 4.17. The number of hydrogen-bond acceptors (Lipinski definition) is 3. The maximum Gasteiger partial charge on any atom is 0.223 e. The highest BCUT2D eigenvalue weighted by Gasteiger charge is 2.27. The molecular formula is C21H32N2O2. The fraction of sp³-hybridized carbons (Fsp3) is 0.667. The zero-order valence-electron chi connectivity index (χ0n) is 15.5. The Bertz CT molecular complexity index is 545. The molecule has 4 heteroatoms. The molecule has 2 aliphatic rings. The second kappa shape index (κ2) is 9.23. The number of carbonyl (C=O) groups excluding carboxylic acids is 1. The molecule has 138 valence electrons. The summed E-state index contributed by atoms with van der Waals surface area (Å²) in [6.45, 7) is 2.88. The van der Waals surface area contributed by atoms with Gasteiger partial charge in [0.25, 0.3) is 0 Å². The summed E-state index contributed by atoms with van der Waals surface area (Å²) in [5.74, 6) is 1.44. The Kier molecular flexibility index (Phi) is 6.74. The molecule has 1 aromatic carbocycles. The molecule has 1 amide bonds. The number of likely N-dealkylation sites (tertiary alicyclic amines) is 1. The van der Waals surface area contributed by atoms with Crippen molar-refractivity contribution in [3.05, 3.63) is 29.8 Å². The molecule has 1 saturated carbocycles. The molecule has 0 bridgehead atoms. The van der Waals surface area contributed by atoms with Crippen molar-refractivity contribution in [2.45, 2.75) is 64.0 Å². The third-order valence-electron chi connectivity index (χ3n) is 5.75. The summed E-state index contributed by atoms with van der Waals surface area (Å²) in [5, 5.41) is 3.33. The number of carbonyl (C=O) groups is 1. The zero-order valence-corrected chi connectivity index (χ0v) is 15.5. The van der Waals surface area contributed by atoms with Crippen LogP contribution in [0.25, 0.3) is 0 Å². The summed E-state index contributed by atoms with van der Waals surface area (Å²) in [4.78, 5) is 15.0. The highest BCUT2D eigenvalue weighted by atomic mass is 16.5. The number of nitrogens with zero attached hydrogens (tertiary/aromatic N) is 1. The first-order chi connectivity index (χ1) is 12.3. The molecule has 1 aromatic rings. The Labute approximate surface area is 151 Å². The van der Waals surface area contributed by atoms with Gasteiger partial charge in [-0.2, -0.15) is 0 Å². The second-order valence-corrected chi connectivity index (χ2v) is 7.56. The van der Waals surface area contributed by atoms with E-state index in [2.05, 4.69) is 22.3 Å². The highest BCUT2D eigenvalue weighted by Crippen LogP contribution is 2.24. The van der Waals surface area contributed by atoms with Crippen molar-refractivity contribution in [3.8, 4) is 5.75 Å². The minimum Gasteiger partial charge on any atom is -0.496 e. The second-order valence-electron chi connectivity index (χ2n) is 7.56. The molecule has 1 aliphatic carbocycles. The summed E-state index contributed by atoms with van der Waals surface area (Å²) in [7, 11) is 1.73. The number of piperidine rings is 1. The first kappa shape index (κ1) is 18.2. The van der Waals surface area contributed by atoms with E-state index in [0.717, 1.165) is 38.2 Å². The number of nitrogens with one attached hydrogen (secondary N) is 1. The van der Waals surface area contributed by atoms with E-state index in [9.17, 15) is 4.79 Å². The van der Waals surface area contributed by atoms with E-state index in [1.807, 2.05) is 12.1 Å². The van der Waals surface area contributed by atoms with Crippen LogP contribution in [-0.2, 0) is 11.3 Å². The molecule has 0 radical (unpaired) electrons. The van der Waals surface area contributed by atoms with Crippen LogP contribution in [0.2, 0.25) is 0 Å². The Morgan fingerprint density at radius 3 is 2.44 bits per heavy atom. The Balaban J connectivity index is 1.45. The number of rotatable bonds is 5. The molecule has 1 N–H and O–H groups in total. The van der Waals surface area contributed by atoms with E-state index in [1.54, 1.807) is 7.11 Å². The van der Waals surface area contributed by atoms with Crippen LogP contribution in [0.1, 0.15) is 56.9 Å². The Morgan fingerprint density at radius 2 is 1.76 bits per heavy atom. The molecule has 3 rings (SSSR count). The summed E-state index contributed by atoms with van der Waals surface area (Å²) in [6, 6.07) is 8.63. The van der Waals surface area contributed by atoms with Gasteiger partial charge in [0.05, 0.1) is 7.11 Å². The minimum absolute atomic E-state index is 0.192. The fourth-order valence-corrected chi connectivity index (χ4v) is 4.17. The molecule has 4 nitrogen and oxygen atoms in total. The number of ether oxygens (including phenoxy) is 1. The standard InChI is InChI=1S/C21H32N2O2/c1-25-20-11-7-6-8-18(20)16-23-14-12-17(13-15-23)21(24)22-19-9-4-2-3-5-10-19/h6-8,11,17,19H,2-5,9-10,12-16H2,1H3,(H,22,24). The summed E-state index contributed by atoms with van der Waals surface area (Å²) in [5.41, 5.74) is 1.23. The monoisotopic (exact) mass is 344 g/mol. The van der Waals surface area contributed by atoms with Gasteiger partial charge in [-0.3, -0.25) is 9.69 Å². The Morgan fingerprint density at radius 1 is 1.08 bits per heavy atom. The van der Waals surface area contributed by atoms with Gasteiger partial charge in [0.1, 0.15) is 5.75 Å². The first-order valence-electron chi connectivity index (χ1n) is 9.91. The molecule has 1 heterocycles. The topological polar surface area (TPSA) is 41.6 Å². The van der Waals surface area contributed by atoms with Gasteiger partial charge in [-0.05, 0) is 44.8 Å². The van der Waals surface area contributed by atoms with Crippen molar-refractivity contribution >= 4 is 5.91 Å². The van der Waals surface area contributed by atoms with E-state index >= 15 is 0 Å². The van der Waals surface area contributed by atoms with E-state index < -0.39 is 0 Å². The molecule has 0 aromatic heterocycles. The third-order valence-corrected chi connectivity index (χ3v) is 5.75. The van der Waals surface area contributed by atoms with E-state index in [-0.39, 0.29) is 5.92 Å². The summed E-state index contributed by atoms with van der Waals surface area (Å²) < 4.78 is 5.45. The third kappa shape index (κ3) is 5.21. The number of para-hydroxylation sites is 1. The van der Waals surface area contributed by atoms with Crippen molar-refractivity contribution in [2.75, 3.05) is 20.2 Å². The van der Waals surface area contributed by atoms with Crippen LogP contribution in [0, 0.1) is 5.92 Å². The van der Waals surface area contributed by atoms with Gasteiger partial charge >= 0.3 is 0 Å². The van der Waals surface area contributed by atoms with Gasteiger partial charge in [-0.15, -0.1) is 0 Å². The van der Waals surface area contributed by atoms with Crippen LogP contribution >= 0.6 is 0 Å². The first-order valence-corrected chi connectivity index (χ1v) is 9.91. The average Bonchev–Trinajstić information content (AvgIpc) is 2.91. The lowest BCUT2D eigenvalue weighted by Crippen LogP contribution is -2.43. The zero-order chi connectivity index (χ0) is 17.5. The highest BCUT2D eigenvalue weighted by molar-refractivity contribution is 5.79. The van der Waals surface area contributed by atoms with E-state index in [1.165, 1.54) is 44.1 Å². The number of amides is 1. The lowest BCUT2D eigenvalue weighted by Gasteiger charge is -2.32. The predicted molar refractivity (Wildman–Crippen MR) is 101 cm³/mol. The van der Waals surface area contributed by atoms with Crippen molar-refractivity contribution < 1.29 is 9.53 Å². The molecule has 2 fully saturated rings. The van der Waals surface area contributed by atoms with Crippen molar-refractivity contribution in [1.29, 1.82) is 0 Å². The van der Waals surface area contributed by atoms with Crippen molar-refractivity contribution in [3.63, 3.8) is 0 Å². The van der Waals surface area contributed by atoms with Crippen LogP contribution < -0.4 is 10.1 Å². The van der Waals surface area contributed by atoms with Crippen LogP contribution in [0.4, 0.5) is 0 Å². The maximum absolute atomic E-state index is 12.6. The van der Waals surface area contributed by atoms with Gasteiger partial charge in [0.2, 0.25) is 5.91 Å². The molecule has 0 atom stereocenters. The molecule has 0 unspecified atom stereocenters. The SMILES string of the molecule is COc1ccccc1CN1CCC(C(=O)NC2CCCCCC2)CC1. The molecular weight excluding hydrogens is 312 g/mol. The molecule has 1 saturated heterocycles. The van der Waals surface area contributed by atoms with E-state index in [0.29, 0.717) is 11.9 Å². The lowest BCUT2D eigenvalue weighted by atomic mass is 9.94. The van der Waals surface area contributed by atoms with Gasteiger partial charge in [0.15, 0.2) is 0 Å². The summed E-state index contributed by atoms with van der Waals surface area (Å²) >= 11 is 0. The number of hydrogen-bond donors (Lipinski definition) is 1. The number of benzene rings is 1. The van der Waals surface area contributed by atoms with Crippen LogP contribution in [0.15, 0.2) is 24.3 Å². The maximum atomic E-state index is 12.6. The Hall–Kier alpha value is -1.55. The van der Waals surface area contributed by atoms with Gasteiger partial charge in [-0.1, -0.05) is 43.9 Å². The van der Waals surface area contributed by atoms with E-state index in [4.69, 9.17) is 4.74 Å². The largest absolute Gasteiger partial charge is 0.496 e. The molecule has 1 aliphatic heterocycles. The lowest BCUT2D eigenvalue weighted by molar-refractivity contribution is -0.127. The predicted octanol–water partition coefficient (Wildman–Crippen LogP) is 3.75. The minimum atomic E-state index is 0.192. The van der Waals surface area contributed by atoms with Gasteiger partial charge in [0, 0.05) is 24.1 Å². The smallest absolute Gasteiger partial charge is 0.223 e. The van der Waals surface area contributed by atoms with Crippen molar-refractivity contribution in [1.82, 2.24) is 10.2 Å². The average molecular weight is 344 g/mol.